The molecule has 1 aliphatic carbocycles. The van der Waals surface area contributed by atoms with Gasteiger partial charge in [0, 0.05) is 38.6 Å². The third-order valence-electron chi connectivity index (χ3n) is 4.61. The summed E-state index contributed by atoms with van der Waals surface area (Å²) in [7, 11) is 0. The Balaban J connectivity index is 1.84. The smallest absolute Gasteiger partial charge is 0.0815 e. The summed E-state index contributed by atoms with van der Waals surface area (Å²) in [5.41, 5.74) is -0.161. The van der Waals surface area contributed by atoms with Gasteiger partial charge >= 0.3 is 0 Å². The number of hydrogen-bond donors (Lipinski definition) is 2. The SMILES string of the molecule is CC1(C)CCCCC1NCC1(O)CCOCC1. The predicted molar refractivity (Wildman–Crippen MR) is 69.0 cm³/mol. The highest BCUT2D eigenvalue weighted by molar-refractivity contribution is 4.91. The van der Waals surface area contributed by atoms with Crippen LogP contribution in [0.4, 0.5) is 0 Å². The third-order valence-corrected chi connectivity index (χ3v) is 4.61. The van der Waals surface area contributed by atoms with E-state index in [1.807, 2.05) is 0 Å². The first-order valence-corrected chi connectivity index (χ1v) is 7.05. The van der Waals surface area contributed by atoms with Gasteiger partial charge < -0.3 is 15.2 Å². The Labute approximate surface area is 105 Å². The van der Waals surface area contributed by atoms with Crippen LogP contribution in [0, 0.1) is 5.41 Å². The van der Waals surface area contributed by atoms with Crippen LogP contribution in [0.25, 0.3) is 0 Å². The van der Waals surface area contributed by atoms with Crippen LogP contribution in [0.15, 0.2) is 0 Å². The molecule has 1 heterocycles. The minimum Gasteiger partial charge on any atom is -0.388 e. The molecule has 1 aliphatic heterocycles. The fourth-order valence-corrected chi connectivity index (χ4v) is 3.11. The molecule has 1 atom stereocenters. The summed E-state index contributed by atoms with van der Waals surface area (Å²) in [5, 5.41) is 14.0. The second-order valence-electron chi connectivity index (χ2n) is 6.50. The van der Waals surface area contributed by atoms with Gasteiger partial charge in [0.2, 0.25) is 0 Å². The van der Waals surface area contributed by atoms with Crippen molar-refractivity contribution in [1.29, 1.82) is 0 Å². The minimum atomic E-state index is -0.536. The Morgan fingerprint density at radius 1 is 1.18 bits per heavy atom. The van der Waals surface area contributed by atoms with E-state index in [4.69, 9.17) is 4.74 Å². The van der Waals surface area contributed by atoms with E-state index >= 15 is 0 Å². The lowest BCUT2D eigenvalue weighted by molar-refractivity contribution is -0.0653. The molecule has 0 radical (unpaired) electrons. The van der Waals surface area contributed by atoms with Crippen LogP contribution in [0.3, 0.4) is 0 Å². The van der Waals surface area contributed by atoms with Crippen LogP contribution in [0.1, 0.15) is 52.4 Å². The van der Waals surface area contributed by atoms with Gasteiger partial charge in [0.25, 0.3) is 0 Å². The number of ether oxygens (including phenoxy) is 1. The van der Waals surface area contributed by atoms with E-state index in [9.17, 15) is 5.11 Å². The zero-order chi connectivity index (χ0) is 12.4. The van der Waals surface area contributed by atoms with Crippen molar-refractivity contribution in [2.24, 2.45) is 5.41 Å². The van der Waals surface area contributed by atoms with Gasteiger partial charge in [0.05, 0.1) is 5.60 Å². The molecule has 100 valence electrons. The molecule has 1 unspecified atom stereocenters. The van der Waals surface area contributed by atoms with Crippen LogP contribution in [-0.2, 0) is 4.74 Å². The van der Waals surface area contributed by atoms with Gasteiger partial charge in [0.15, 0.2) is 0 Å². The first kappa shape index (κ1) is 13.3. The molecule has 2 aliphatic rings. The molecule has 0 bridgehead atoms. The molecule has 0 spiro atoms. The predicted octanol–water partition coefficient (Wildman–Crippen LogP) is 2.09. The Morgan fingerprint density at radius 2 is 1.88 bits per heavy atom. The zero-order valence-electron chi connectivity index (χ0n) is 11.3. The van der Waals surface area contributed by atoms with Crippen molar-refractivity contribution in [2.75, 3.05) is 19.8 Å². The van der Waals surface area contributed by atoms with Crippen molar-refractivity contribution in [3.05, 3.63) is 0 Å². The standard InChI is InChI=1S/C14H27NO2/c1-13(2)6-4-3-5-12(13)15-11-14(16)7-9-17-10-8-14/h12,15-16H,3-11H2,1-2H3. The maximum absolute atomic E-state index is 10.4. The maximum atomic E-state index is 10.4. The summed E-state index contributed by atoms with van der Waals surface area (Å²) in [5.74, 6) is 0. The van der Waals surface area contributed by atoms with E-state index in [0.717, 1.165) is 19.4 Å². The second kappa shape index (κ2) is 5.25. The summed E-state index contributed by atoms with van der Waals surface area (Å²) in [6.07, 6.45) is 6.76. The van der Waals surface area contributed by atoms with Gasteiger partial charge in [-0.05, 0) is 18.3 Å². The van der Waals surface area contributed by atoms with Gasteiger partial charge in [-0.2, -0.15) is 0 Å². The molecular formula is C14H27NO2. The average Bonchev–Trinajstić information content (AvgIpc) is 2.28. The fraction of sp³-hybridized carbons (Fsp3) is 1.00. The highest BCUT2D eigenvalue weighted by Crippen LogP contribution is 2.35. The van der Waals surface area contributed by atoms with Crippen LogP contribution in [-0.4, -0.2) is 36.5 Å². The van der Waals surface area contributed by atoms with Crippen molar-refractivity contribution >= 4 is 0 Å². The first-order valence-electron chi connectivity index (χ1n) is 7.05. The lowest BCUT2D eigenvalue weighted by Gasteiger charge is -2.42. The number of rotatable bonds is 3. The quantitative estimate of drug-likeness (QED) is 0.795. The van der Waals surface area contributed by atoms with Crippen LogP contribution in [0.5, 0.6) is 0 Å². The maximum Gasteiger partial charge on any atom is 0.0815 e. The highest BCUT2D eigenvalue weighted by atomic mass is 16.5. The van der Waals surface area contributed by atoms with E-state index in [0.29, 0.717) is 24.7 Å². The first-order chi connectivity index (χ1) is 8.02. The molecule has 0 aromatic carbocycles. The van der Waals surface area contributed by atoms with Crippen molar-refractivity contribution in [3.63, 3.8) is 0 Å². The molecule has 1 saturated carbocycles. The molecule has 3 nitrogen and oxygen atoms in total. The van der Waals surface area contributed by atoms with Crippen molar-refractivity contribution < 1.29 is 9.84 Å². The highest BCUT2D eigenvalue weighted by Gasteiger charge is 2.35. The molecule has 3 heteroatoms. The Kier molecular flexibility index (Phi) is 4.11. The van der Waals surface area contributed by atoms with Crippen LogP contribution < -0.4 is 5.32 Å². The lowest BCUT2D eigenvalue weighted by atomic mass is 9.73. The molecule has 0 aromatic rings. The average molecular weight is 241 g/mol. The summed E-state index contributed by atoms with van der Waals surface area (Å²) < 4.78 is 5.31. The molecular weight excluding hydrogens is 214 g/mol. The van der Waals surface area contributed by atoms with E-state index < -0.39 is 5.60 Å². The normalized spacial score (nSPS) is 32.3. The summed E-state index contributed by atoms with van der Waals surface area (Å²) in [4.78, 5) is 0. The summed E-state index contributed by atoms with van der Waals surface area (Å²) >= 11 is 0. The Morgan fingerprint density at radius 3 is 2.53 bits per heavy atom. The van der Waals surface area contributed by atoms with Gasteiger partial charge in [-0.15, -0.1) is 0 Å². The summed E-state index contributed by atoms with van der Waals surface area (Å²) in [6, 6.07) is 0.558. The van der Waals surface area contributed by atoms with Gasteiger partial charge in [-0.1, -0.05) is 26.7 Å². The number of nitrogens with one attached hydrogen (secondary N) is 1. The van der Waals surface area contributed by atoms with E-state index in [-0.39, 0.29) is 0 Å². The van der Waals surface area contributed by atoms with E-state index in [1.165, 1.54) is 25.7 Å². The van der Waals surface area contributed by atoms with Gasteiger partial charge in [0.1, 0.15) is 0 Å². The molecule has 2 rings (SSSR count). The zero-order valence-corrected chi connectivity index (χ0v) is 11.3. The minimum absolute atomic E-state index is 0.375. The van der Waals surface area contributed by atoms with E-state index in [2.05, 4.69) is 19.2 Å². The molecule has 17 heavy (non-hydrogen) atoms. The Bertz CT molecular complexity index is 247. The second-order valence-corrected chi connectivity index (χ2v) is 6.50. The number of aliphatic hydroxyl groups is 1. The van der Waals surface area contributed by atoms with Crippen LogP contribution in [0.2, 0.25) is 0 Å². The Hall–Kier alpha value is -0.120. The van der Waals surface area contributed by atoms with Crippen molar-refractivity contribution in [2.45, 2.75) is 64.0 Å². The van der Waals surface area contributed by atoms with Crippen LogP contribution >= 0.6 is 0 Å². The molecule has 2 N–H and O–H groups in total. The molecule has 0 aromatic heterocycles. The molecule has 1 saturated heterocycles. The molecule has 2 fully saturated rings. The van der Waals surface area contributed by atoms with Crippen molar-refractivity contribution in [3.8, 4) is 0 Å². The fourth-order valence-electron chi connectivity index (χ4n) is 3.11. The largest absolute Gasteiger partial charge is 0.388 e. The van der Waals surface area contributed by atoms with Crippen molar-refractivity contribution in [1.82, 2.24) is 5.32 Å². The summed E-state index contributed by atoms with van der Waals surface area (Å²) in [6.45, 7) is 6.82. The lowest BCUT2D eigenvalue weighted by Crippen LogP contribution is -2.52. The monoisotopic (exact) mass is 241 g/mol. The third kappa shape index (κ3) is 3.43. The van der Waals surface area contributed by atoms with Gasteiger partial charge in [-0.25, -0.2) is 0 Å². The topological polar surface area (TPSA) is 41.5 Å². The molecule has 0 amide bonds. The van der Waals surface area contributed by atoms with E-state index in [1.54, 1.807) is 0 Å². The number of hydrogen-bond acceptors (Lipinski definition) is 3. The van der Waals surface area contributed by atoms with Gasteiger partial charge in [-0.3, -0.25) is 0 Å².